The maximum absolute atomic E-state index is 14.6. The zero-order valence-corrected chi connectivity index (χ0v) is 23.3. The molecule has 1 aliphatic heterocycles. The molecule has 1 unspecified atom stereocenters. The molecule has 43 heavy (non-hydrogen) atoms. The number of thioether (sulfide) groups is 1. The summed E-state index contributed by atoms with van der Waals surface area (Å²) in [4.78, 5) is 28.7. The number of alkyl halides is 3. The highest BCUT2D eigenvalue weighted by molar-refractivity contribution is 7.99. The highest BCUT2D eigenvalue weighted by Crippen LogP contribution is 2.38. The summed E-state index contributed by atoms with van der Waals surface area (Å²) in [5.74, 6) is -1.63. The molecule has 5 rings (SSSR count). The van der Waals surface area contributed by atoms with Gasteiger partial charge in [-0.2, -0.15) is 29.6 Å². The second kappa shape index (κ2) is 15.7. The summed E-state index contributed by atoms with van der Waals surface area (Å²) >= 11 is 1.73. The number of benzene rings is 2. The molecule has 0 saturated carbocycles. The van der Waals surface area contributed by atoms with Crippen LogP contribution in [-0.4, -0.2) is 43.0 Å². The van der Waals surface area contributed by atoms with Crippen molar-refractivity contribution in [1.29, 1.82) is 0 Å². The molecule has 1 amide bonds. The lowest BCUT2D eigenvalue weighted by Gasteiger charge is -2.11. The molecule has 0 radical (unpaired) electrons. The molecule has 15 heteroatoms. The van der Waals surface area contributed by atoms with Gasteiger partial charge in [0.05, 0.1) is 29.1 Å². The number of hydrogen-bond donors (Lipinski definition) is 3. The predicted octanol–water partition coefficient (Wildman–Crippen LogP) is 5.55. The molecule has 1 fully saturated rings. The number of hydrogen-bond acceptors (Lipinski definition) is 7. The molecule has 1 saturated heterocycles. The van der Waals surface area contributed by atoms with E-state index < -0.39 is 41.3 Å². The van der Waals surface area contributed by atoms with E-state index in [-0.39, 0.29) is 23.2 Å². The lowest BCUT2D eigenvalue weighted by atomic mass is 10.1. The quantitative estimate of drug-likeness (QED) is 0.188. The van der Waals surface area contributed by atoms with Gasteiger partial charge in [0.25, 0.3) is 6.47 Å². The number of pyridine rings is 1. The zero-order chi connectivity index (χ0) is 31.4. The minimum absolute atomic E-state index is 0.0321. The molecule has 2 aromatic heterocycles. The summed E-state index contributed by atoms with van der Waals surface area (Å²) in [6, 6.07) is 13.7. The lowest BCUT2D eigenvalue weighted by molar-refractivity contribution is -0.140. The molecule has 4 N–H and O–H groups in total. The van der Waals surface area contributed by atoms with Gasteiger partial charge in [0.1, 0.15) is 12.1 Å². The molecule has 1 aliphatic rings. The van der Waals surface area contributed by atoms with Gasteiger partial charge < -0.3 is 16.2 Å². The van der Waals surface area contributed by atoms with Gasteiger partial charge in [-0.05, 0) is 35.8 Å². The SMILES string of the molecule is NCc1ccccc1.O=C(Cc1cccc(C(F)(F)F)c1F)Nc1cnc(-n2cnc(C3CCCS3)n2)c(F)c1.O=CO. The maximum atomic E-state index is 14.6. The first kappa shape index (κ1) is 33.1. The molecule has 2 aromatic carbocycles. The minimum Gasteiger partial charge on any atom is -0.483 e. The Hall–Kier alpha value is -4.37. The standard InChI is InChI=1S/C20H16F5N5OS.C7H9N.CH2O2/c21-14-8-12(9-26-19(14)30-10-27-18(29-30)15-5-2-6-32-15)28-16(31)7-11-3-1-4-13(17(11)22)20(23,24)25;8-6-7-4-2-1-3-5-7;2-1-3/h1,3-4,8-10,15H,2,5-7H2,(H,28,31);1-5H,6,8H2;1H,(H,2,3). The van der Waals surface area contributed by atoms with Crippen molar-refractivity contribution >= 4 is 29.8 Å². The van der Waals surface area contributed by atoms with E-state index in [1.807, 2.05) is 30.3 Å². The molecule has 1 atom stereocenters. The van der Waals surface area contributed by atoms with Crippen molar-refractivity contribution in [3.63, 3.8) is 0 Å². The number of carbonyl (C=O) groups excluding carboxylic acids is 1. The summed E-state index contributed by atoms with van der Waals surface area (Å²) in [6.45, 7) is 0.390. The third-order valence-corrected chi connectivity index (χ3v) is 7.24. The molecule has 0 spiro atoms. The highest BCUT2D eigenvalue weighted by atomic mass is 32.2. The van der Waals surface area contributed by atoms with Crippen LogP contribution in [0.15, 0.2) is 67.1 Å². The summed E-state index contributed by atoms with van der Waals surface area (Å²) < 4.78 is 68.3. The van der Waals surface area contributed by atoms with Crippen LogP contribution in [0.3, 0.4) is 0 Å². The van der Waals surface area contributed by atoms with Crippen molar-refractivity contribution in [3.05, 3.63) is 101 Å². The first-order valence-corrected chi connectivity index (χ1v) is 13.8. The molecule has 0 bridgehead atoms. The molecule has 4 aromatic rings. The molecular formula is C28H27F5N6O3S. The van der Waals surface area contributed by atoms with Crippen LogP contribution in [0.25, 0.3) is 5.82 Å². The van der Waals surface area contributed by atoms with E-state index in [9.17, 15) is 26.7 Å². The van der Waals surface area contributed by atoms with Crippen LogP contribution in [0, 0.1) is 11.6 Å². The van der Waals surface area contributed by atoms with E-state index in [2.05, 4.69) is 20.4 Å². The van der Waals surface area contributed by atoms with E-state index >= 15 is 0 Å². The molecule has 9 nitrogen and oxygen atoms in total. The Morgan fingerprint density at radius 1 is 1.14 bits per heavy atom. The minimum atomic E-state index is -4.88. The van der Waals surface area contributed by atoms with Gasteiger partial charge in [0, 0.05) is 12.6 Å². The summed E-state index contributed by atoms with van der Waals surface area (Å²) in [6.07, 6.45) is -1.00. The number of halogens is 5. The van der Waals surface area contributed by atoms with Crippen molar-refractivity contribution in [1.82, 2.24) is 19.7 Å². The van der Waals surface area contributed by atoms with Crippen LogP contribution < -0.4 is 11.1 Å². The fraction of sp³-hybridized carbons (Fsp3) is 0.250. The number of amides is 1. The Morgan fingerprint density at radius 2 is 1.86 bits per heavy atom. The average molecular weight is 623 g/mol. The van der Waals surface area contributed by atoms with Crippen molar-refractivity contribution in [2.75, 3.05) is 11.1 Å². The van der Waals surface area contributed by atoms with Gasteiger partial charge in [0.2, 0.25) is 5.91 Å². The number of carboxylic acid groups (broad SMARTS) is 1. The first-order valence-electron chi connectivity index (χ1n) is 12.7. The number of rotatable bonds is 6. The van der Waals surface area contributed by atoms with Gasteiger partial charge in [-0.15, -0.1) is 5.10 Å². The summed E-state index contributed by atoms with van der Waals surface area (Å²) in [7, 11) is 0. The number of nitrogens with one attached hydrogen (secondary N) is 1. The monoisotopic (exact) mass is 622 g/mol. The van der Waals surface area contributed by atoms with Crippen LogP contribution in [0.2, 0.25) is 0 Å². The number of aromatic nitrogens is 4. The Bertz CT molecular complexity index is 1500. The average Bonchev–Trinajstić information content (AvgIpc) is 3.68. The number of nitrogens with zero attached hydrogens (tertiary/aromatic N) is 4. The third kappa shape index (κ3) is 9.58. The van der Waals surface area contributed by atoms with Gasteiger partial charge in [-0.3, -0.25) is 9.59 Å². The first-order chi connectivity index (χ1) is 20.6. The van der Waals surface area contributed by atoms with Crippen molar-refractivity contribution in [3.8, 4) is 5.82 Å². The molecular weight excluding hydrogens is 595 g/mol. The van der Waals surface area contributed by atoms with Crippen LogP contribution in [0.1, 0.15) is 40.6 Å². The van der Waals surface area contributed by atoms with E-state index in [4.69, 9.17) is 15.6 Å². The van der Waals surface area contributed by atoms with E-state index in [1.165, 1.54) is 22.8 Å². The highest BCUT2D eigenvalue weighted by Gasteiger charge is 2.35. The van der Waals surface area contributed by atoms with E-state index in [0.717, 1.165) is 36.8 Å². The Balaban J connectivity index is 0.000000389. The fourth-order valence-corrected chi connectivity index (χ4v) is 5.11. The van der Waals surface area contributed by atoms with E-state index in [1.54, 1.807) is 11.8 Å². The number of anilines is 1. The smallest absolute Gasteiger partial charge is 0.419 e. The summed E-state index contributed by atoms with van der Waals surface area (Å²) in [5, 5.41) is 13.6. The van der Waals surface area contributed by atoms with E-state index in [0.29, 0.717) is 18.4 Å². The van der Waals surface area contributed by atoms with Crippen molar-refractivity contribution in [2.45, 2.75) is 37.2 Å². The van der Waals surface area contributed by atoms with Crippen LogP contribution in [-0.2, 0) is 28.7 Å². The Morgan fingerprint density at radius 3 is 2.44 bits per heavy atom. The van der Waals surface area contributed by atoms with Crippen LogP contribution >= 0.6 is 11.8 Å². The van der Waals surface area contributed by atoms with Crippen LogP contribution in [0.4, 0.5) is 27.6 Å². The lowest BCUT2D eigenvalue weighted by Crippen LogP contribution is -2.17. The number of carbonyl (C=O) groups is 2. The van der Waals surface area contributed by atoms with Crippen LogP contribution in [0.5, 0.6) is 0 Å². The van der Waals surface area contributed by atoms with Crippen molar-refractivity contribution in [2.24, 2.45) is 5.73 Å². The fourth-order valence-electron chi connectivity index (χ4n) is 3.90. The van der Waals surface area contributed by atoms with Gasteiger partial charge in [-0.25, -0.2) is 18.7 Å². The van der Waals surface area contributed by atoms with Gasteiger partial charge in [0.15, 0.2) is 17.5 Å². The Labute approximate surface area is 247 Å². The molecule has 0 aliphatic carbocycles. The topological polar surface area (TPSA) is 136 Å². The predicted molar refractivity (Wildman–Crippen MR) is 150 cm³/mol. The van der Waals surface area contributed by atoms with Crippen molar-refractivity contribution < 1.29 is 36.6 Å². The largest absolute Gasteiger partial charge is 0.483 e. The summed E-state index contributed by atoms with van der Waals surface area (Å²) in [5.41, 5.74) is 4.62. The molecule has 228 valence electrons. The van der Waals surface area contributed by atoms with Gasteiger partial charge >= 0.3 is 6.18 Å². The zero-order valence-electron chi connectivity index (χ0n) is 22.5. The van der Waals surface area contributed by atoms with Gasteiger partial charge in [-0.1, -0.05) is 42.5 Å². The maximum Gasteiger partial charge on any atom is 0.419 e. The second-order valence-corrected chi connectivity index (χ2v) is 10.2. The third-order valence-electron chi connectivity index (χ3n) is 5.86. The Kier molecular flexibility index (Phi) is 12.1. The normalized spacial score (nSPS) is 14.1. The number of nitrogens with two attached hydrogens (primary N) is 1. The second-order valence-electron chi connectivity index (χ2n) is 8.87. The molecule has 3 heterocycles.